The minimum absolute atomic E-state index is 0.00287. The Balaban J connectivity index is 1.83. The number of benzene rings is 3. The number of nitrogens with zero attached hydrogens (tertiary/aromatic N) is 1. The molecule has 40 heavy (non-hydrogen) atoms. The molecule has 0 unspecified atom stereocenters. The summed E-state index contributed by atoms with van der Waals surface area (Å²) in [5, 5.41) is 13.9. The number of carboxylic acid groups (broad SMARTS) is 1. The molecule has 3 aromatic rings. The molecule has 0 aliphatic rings. The Morgan fingerprint density at radius 2 is 1.57 bits per heavy atom. The maximum Gasteiger partial charge on any atom is 0.446 e. The molecule has 0 heterocycles. The Morgan fingerprint density at radius 1 is 0.925 bits per heavy atom. The molecule has 0 aromatic heterocycles. The highest BCUT2D eigenvalue weighted by Gasteiger charge is 2.29. The summed E-state index contributed by atoms with van der Waals surface area (Å²) in [6.07, 6.45) is -0.195. The third-order valence-electron chi connectivity index (χ3n) is 5.79. The monoisotopic (exact) mass is 573 g/mol. The van der Waals surface area contributed by atoms with Gasteiger partial charge in [-0.15, -0.1) is 0 Å². The van der Waals surface area contributed by atoms with Crippen molar-refractivity contribution in [3.8, 4) is 0 Å². The summed E-state index contributed by atoms with van der Waals surface area (Å²) in [6, 6.07) is 18.9. The normalized spacial score (nSPS) is 11.6. The summed E-state index contributed by atoms with van der Waals surface area (Å²) < 4.78 is 38.5. The predicted molar refractivity (Wildman–Crippen MR) is 150 cm³/mol. The van der Waals surface area contributed by atoms with Crippen LogP contribution < -0.4 is 15.5 Å². The molecule has 3 aromatic carbocycles. The minimum Gasteiger partial charge on any atom is -0.481 e. The second-order valence-corrected chi connectivity index (χ2v) is 11.1. The molecule has 3 N–H and O–H groups in total. The SMILES string of the molecule is CC(C)(C)c1ccc(N(Cc2ccc(C(=O)NCCC(=O)O)cc2)C(=O)Nc2cccc(SC(F)(F)F)c2)cc1. The fourth-order valence-corrected chi connectivity index (χ4v) is 4.31. The van der Waals surface area contributed by atoms with Crippen LogP contribution in [0.2, 0.25) is 0 Å². The molecule has 0 atom stereocenters. The van der Waals surface area contributed by atoms with Gasteiger partial charge in [-0.2, -0.15) is 13.2 Å². The number of nitrogens with one attached hydrogen (secondary N) is 2. The maximum atomic E-state index is 13.4. The number of urea groups is 1. The largest absolute Gasteiger partial charge is 0.481 e. The lowest BCUT2D eigenvalue weighted by Gasteiger charge is -2.25. The average molecular weight is 574 g/mol. The molecule has 0 aliphatic heterocycles. The zero-order chi connectivity index (χ0) is 29.5. The van der Waals surface area contributed by atoms with Crippen molar-refractivity contribution in [1.29, 1.82) is 0 Å². The first kappa shape index (κ1) is 30.6. The summed E-state index contributed by atoms with van der Waals surface area (Å²) >= 11 is -0.264. The van der Waals surface area contributed by atoms with Crippen molar-refractivity contribution in [1.82, 2.24) is 5.32 Å². The van der Waals surface area contributed by atoms with E-state index in [4.69, 9.17) is 5.11 Å². The van der Waals surface area contributed by atoms with Gasteiger partial charge in [0, 0.05) is 28.4 Å². The lowest BCUT2D eigenvalue weighted by molar-refractivity contribution is -0.136. The van der Waals surface area contributed by atoms with Crippen molar-refractivity contribution in [3.63, 3.8) is 0 Å². The van der Waals surface area contributed by atoms with Gasteiger partial charge in [0.15, 0.2) is 0 Å². The second kappa shape index (κ2) is 12.9. The van der Waals surface area contributed by atoms with Gasteiger partial charge in [-0.3, -0.25) is 14.5 Å². The molecule has 3 amide bonds. The van der Waals surface area contributed by atoms with Gasteiger partial charge in [0.2, 0.25) is 0 Å². The first-order valence-electron chi connectivity index (χ1n) is 12.3. The van der Waals surface area contributed by atoms with Crippen LogP contribution in [0.1, 0.15) is 48.7 Å². The summed E-state index contributed by atoms with van der Waals surface area (Å²) in [4.78, 5) is 37.7. The number of aliphatic carboxylic acids is 1. The average Bonchev–Trinajstić information content (AvgIpc) is 2.86. The minimum atomic E-state index is -4.46. The van der Waals surface area contributed by atoms with Gasteiger partial charge in [0.25, 0.3) is 5.91 Å². The van der Waals surface area contributed by atoms with Crippen LogP contribution in [0.3, 0.4) is 0 Å². The number of hydrogen-bond donors (Lipinski definition) is 3. The van der Waals surface area contributed by atoms with Gasteiger partial charge >= 0.3 is 17.5 Å². The maximum absolute atomic E-state index is 13.4. The number of carbonyl (C=O) groups excluding carboxylic acids is 2. The fraction of sp³-hybridized carbons (Fsp3) is 0.276. The van der Waals surface area contributed by atoms with Crippen LogP contribution in [-0.4, -0.2) is 35.1 Å². The molecular weight excluding hydrogens is 543 g/mol. The van der Waals surface area contributed by atoms with Crippen LogP contribution in [0.4, 0.5) is 29.3 Å². The van der Waals surface area contributed by atoms with Crippen molar-refractivity contribution >= 4 is 41.0 Å². The molecule has 0 aliphatic carbocycles. The Labute approximate surface area is 234 Å². The molecule has 11 heteroatoms. The molecule has 0 saturated heterocycles. The molecule has 0 bridgehead atoms. The highest BCUT2D eigenvalue weighted by molar-refractivity contribution is 8.00. The quantitative estimate of drug-likeness (QED) is 0.239. The molecule has 212 valence electrons. The van der Waals surface area contributed by atoms with E-state index in [2.05, 4.69) is 31.4 Å². The van der Waals surface area contributed by atoms with E-state index in [0.29, 0.717) is 16.8 Å². The number of halogens is 3. The van der Waals surface area contributed by atoms with Crippen molar-refractivity contribution in [2.45, 2.75) is 49.6 Å². The van der Waals surface area contributed by atoms with Gasteiger partial charge in [-0.1, -0.05) is 51.1 Å². The van der Waals surface area contributed by atoms with Crippen molar-refractivity contribution < 1.29 is 32.7 Å². The predicted octanol–water partition coefficient (Wildman–Crippen LogP) is 7.04. The van der Waals surface area contributed by atoms with E-state index in [1.165, 1.54) is 29.2 Å². The summed E-state index contributed by atoms with van der Waals surface area (Å²) in [6.45, 7) is 6.31. The lowest BCUT2D eigenvalue weighted by atomic mass is 9.87. The number of anilines is 2. The smallest absolute Gasteiger partial charge is 0.446 e. The molecule has 0 radical (unpaired) electrons. The van der Waals surface area contributed by atoms with Crippen molar-refractivity contribution in [2.75, 3.05) is 16.8 Å². The topological polar surface area (TPSA) is 98.7 Å². The van der Waals surface area contributed by atoms with Crippen molar-refractivity contribution in [2.24, 2.45) is 0 Å². The standard InChI is InChI=1S/C29H30F3N3O4S/c1-28(2,3)21-11-13-23(14-12-21)35(27(39)34-22-5-4-6-24(17-22)40-29(30,31)32)18-19-7-9-20(10-8-19)26(38)33-16-15-25(36)37/h4-14,17H,15-16,18H2,1-3H3,(H,33,38)(H,34,39)(H,36,37). The second-order valence-electron chi connectivity index (χ2n) is 9.99. The molecule has 0 fully saturated rings. The zero-order valence-electron chi connectivity index (χ0n) is 22.2. The van der Waals surface area contributed by atoms with E-state index >= 15 is 0 Å². The Kier molecular flexibility index (Phi) is 9.86. The molecule has 7 nitrogen and oxygen atoms in total. The van der Waals surface area contributed by atoms with Gasteiger partial charge < -0.3 is 15.7 Å². The third-order valence-corrected chi connectivity index (χ3v) is 6.51. The number of thioether (sulfide) groups is 1. The fourth-order valence-electron chi connectivity index (χ4n) is 3.71. The van der Waals surface area contributed by atoms with Gasteiger partial charge in [0.1, 0.15) is 0 Å². The highest BCUT2D eigenvalue weighted by Crippen LogP contribution is 2.37. The summed E-state index contributed by atoms with van der Waals surface area (Å²) in [7, 11) is 0. The third kappa shape index (κ3) is 9.33. The highest BCUT2D eigenvalue weighted by atomic mass is 32.2. The van der Waals surface area contributed by atoms with E-state index < -0.39 is 23.4 Å². The van der Waals surface area contributed by atoms with Gasteiger partial charge in [-0.05, 0) is 70.8 Å². The zero-order valence-corrected chi connectivity index (χ0v) is 23.0. The summed E-state index contributed by atoms with van der Waals surface area (Å²) in [5.74, 6) is -1.44. The lowest BCUT2D eigenvalue weighted by Crippen LogP contribution is -2.34. The van der Waals surface area contributed by atoms with E-state index in [0.717, 1.165) is 5.56 Å². The van der Waals surface area contributed by atoms with Gasteiger partial charge in [-0.25, -0.2) is 4.79 Å². The van der Waals surface area contributed by atoms with Crippen LogP contribution in [0, 0.1) is 0 Å². The number of carboxylic acids is 1. The van der Waals surface area contributed by atoms with Crippen LogP contribution in [0.5, 0.6) is 0 Å². The first-order chi connectivity index (χ1) is 18.7. The Bertz CT molecular complexity index is 1340. The van der Waals surface area contributed by atoms with Crippen LogP contribution in [0.15, 0.2) is 77.7 Å². The number of amides is 3. The number of hydrogen-bond acceptors (Lipinski definition) is 4. The van der Waals surface area contributed by atoms with E-state index in [1.807, 2.05) is 12.1 Å². The molecule has 3 rings (SSSR count). The van der Waals surface area contributed by atoms with E-state index in [-0.39, 0.29) is 47.3 Å². The van der Waals surface area contributed by atoms with E-state index in [1.54, 1.807) is 36.4 Å². The Morgan fingerprint density at radius 3 is 2.15 bits per heavy atom. The first-order valence-corrected chi connectivity index (χ1v) is 13.2. The van der Waals surface area contributed by atoms with Crippen molar-refractivity contribution in [3.05, 3.63) is 89.5 Å². The molecule has 0 spiro atoms. The Hall–Kier alpha value is -3.99. The summed E-state index contributed by atoms with van der Waals surface area (Å²) in [5.41, 5.74) is -1.69. The van der Waals surface area contributed by atoms with Gasteiger partial charge in [0.05, 0.1) is 13.0 Å². The van der Waals surface area contributed by atoms with Crippen LogP contribution in [0.25, 0.3) is 0 Å². The molecule has 0 saturated carbocycles. The van der Waals surface area contributed by atoms with Crippen LogP contribution in [-0.2, 0) is 16.8 Å². The number of carbonyl (C=O) groups is 3. The van der Waals surface area contributed by atoms with Crippen LogP contribution >= 0.6 is 11.8 Å². The number of alkyl halides is 3. The van der Waals surface area contributed by atoms with E-state index in [9.17, 15) is 27.6 Å². The number of rotatable bonds is 9. The molecular formula is C29H30F3N3O4S.